The molecule has 0 aliphatic carbocycles. The van der Waals surface area contributed by atoms with Gasteiger partial charge in [0.05, 0.1) is 17.7 Å². The highest BCUT2D eigenvalue weighted by Gasteiger charge is 2.19. The van der Waals surface area contributed by atoms with Gasteiger partial charge in [-0.15, -0.1) is 0 Å². The lowest BCUT2D eigenvalue weighted by Gasteiger charge is -2.15. The largest absolute Gasteiger partial charge is 0.495 e. The summed E-state index contributed by atoms with van der Waals surface area (Å²) in [5, 5.41) is 8.99. The van der Waals surface area contributed by atoms with Gasteiger partial charge >= 0.3 is 0 Å². The van der Waals surface area contributed by atoms with Crippen LogP contribution in [0.25, 0.3) is 0 Å². The number of benzene rings is 1. The number of sulfonamides is 1. The molecule has 1 aromatic carbocycles. The molecule has 2 rings (SSSR count). The number of methoxy groups -OCH3 is 1. The van der Waals surface area contributed by atoms with Gasteiger partial charge < -0.3 is 15.4 Å². The maximum atomic E-state index is 12.3. The Morgan fingerprint density at radius 2 is 1.96 bits per heavy atom. The lowest BCUT2D eigenvalue weighted by atomic mass is 10.2. The molecule has 0 saturated carbocycles. The van der Waals surface area contributed by atoms with E-state index in [0.717, 1.165) is 4.31 Å². The fourth-order valence-electron chi connectivity index (χ4n) is 2.32. The summed E-state index contributed by atoms with van der Waals surface area (Å²) in [6, 6.07) is 6.01. The smallest absolute Gasteiger partial charge is 0.252 e. The molecule has 1 heterocycles. The lowest BCUT2D eigenvalue weighted by Crippen LogP contribution is -2.25. The van der Waals surface area contributed by atoms with E-state index in [2.05, 4.69) is 10.6 Å². The van der Waals surface area contributed by atoms with Gasteiger partial charge in [-0.3, -0.25) is 9.59 Å². The molecule has 28 heavy (non-hydrogen) atoms. The molecule has 0 radical (unpaired) electrons. The number of nitrogens with zero attached hydrogens (tertiary/aromatic N) is 1. The SMILES string of the molecule is COc1ccc(S(=O)(=O)N(C)C)cc1NC(=O)CCCNC(=O)c1ccsc1. The second kappa shape index (κ2) is 9.67. The molecule has 2 amide bonds. The molecule has 152 valence electrons. The number of thiophene rings is 1. The molecule has 0 fully saturated rings. The highest BCUT2D eigenvalue weighted by Crippen LogP contribution is 2.28. The first kappa shape index (κ1) is 21.9. The zero-order valence-corrected chi connectivity index (χ0v) is 17.5. The highest BCUT2D eigenvalue weighted by molar-refractivity contribution is 7.89. The number of rotatable bonds is 9. The maximum Gasteiger partial charge on any atom is 0.252 e. The summed E-state index contributed by atoms with van der Waals surface area (Å²) in [5.74, 6) is -0.121. The third kappa shape index (κ3) is 5.54. The lowest BCUT2D eigenvalue weighted by molar-refractivity contribution is -0.116. The van der Waals surface area contributed by atoms with E-state index in [-0.39, 0.29) is 28.8 Å². The van der Waals surface area contributed by atoms with E-state index in [1.165, 1.54) is 50.7 Å². The third-order valence-corrected chi connectivity index (χ3v) is 6.37. The number of amides is 2. The Kier molecular flexibility index (Phi) is 7.55. The third-order valence-electron chi connectivity index (χ3n) is 3.87. The van der Waals surface area contributed by atoms with Crippen molar-refractivity contribution >= 4 is 38.9 Å². The minimum absolute atomic E-state index is 0.0524. The van der Waals surface area contributed by atoms with Crippen LogP contribution in [0.4, 0.5) is 5.69 Å². The van der Waals surface area contributed by atoms with Crippen LogP contribution in [0.5, 0.6) is 5.75 Å². The molecular formula is C18H23N3O5S2. The fraction of sp³-hybridized carbons (Fsp3) is 0.333. The van der Waals surface area contributed by atoms with Crippen LogP contribution < -0.4 is 15.4 Å². The first-order chi connectivity index (χ1) is 13.3. The molecule has 0 saturated heterocycles. The number of hydrogen-bond acceptors (Lipinski definition) is 6. The maximum absolute atomic E-state index is 12.3. The fourth-order valence-corrected chi connectivity index (χ4v) is 3.88. The van der Waals surface area contributed by atoms with Crippen molar-refractivity contribution in [3.05, 3.63) is 40.6 Å². The first-order valence-electron chi connectivity index (χ1n) is 8.46. The van der Waals surface area contributed by atoms with Crippen molar-refractivity contribution in [3.63, 3.8) is 0 Å². The van der Waals surface area contributed by atoms with Crippen LogP contribution in [-0.2, 0) is 14.8 Å². The van der Waals surface area contributed by atoms with Gasteiger partial charge in [0.15, 0.2) is 0 Å². The average Bonchev–Trinajstić information content (AvgIpc) is 3.19. The summed E-state index contributed by atoms with van der Waals surface area (Å²) in [6.45, 7) is 0.355. The van der Waals surface area contributed by atoms with Gasteiger partial charge in [-0.25, -0.2) is 12.7 Å². The van der Waals surface area contributed by atoms with E-state index in [0.29, 0.717) is 24.3 Å². The summed E-state index contributed by atoms with van der Waals surface area (Å²) in [6.07, 6.45) is 0.609. The Hall–Kier alpha value is -2.43. The van der Waals surface area contributed by atoms with Crippen LogP contribution in [0, 0.1) is 0 Å². The zero-order chi connectivity index (χ0) is 20.7. The molecule has 0 aliphatic heterocycles. The number of hydrogen-bond donors (Lipinski definition) is 2. The molecule has 2 N–H and O–H groups in total. The summed E-state index contributed by atoms with van der Waals surface area (Å²) in [5.41, 5.74) is 0.871. The van der Waals surface area contributed by atoms with E-state index < -0.39 is 10.0 Å². The van der Waals surface area contributed by atoms with Crippen molar-refractivity contribution in [3.8, 4) is 5.75 Å². The molecule has 8 nitrogen and oxygen atoms in total. The van der Waals surface area contributed by atoms with Gasteiger partial charge in [0.1, 0.15) is 5.75 Å². The molecule has 0 spiro atoms. The highest BCUT2D eigenvalue weighted by atomic mass is 32.2. The normalized spacial score (nSPS) is 11.3. The van der Waals surface area contributed by atoms with Gasteiger partial charge in [0.25, 0.3) is 5.91 Å². The van der Waals surface area contributed by atoms with E-state index in [9.17, 15) is 18.0 Å². The Morgan fingerprint density at radius 1 is 1.21 bits per heavy atom. The standard InChI is InChI=1S/C18H23N3O5S2/c1-21(2)28(24,25)14-6-7-16(26-3)15(11-14)20-17(22)5-4-9-19-18(23)13-8-10-27-12-13/h6-8,10-12H,4-5,9H2,1-3H3,(H,19,23)(H,20,22). The second-order valence-corrected chi connectivity index (χ2v) is 9.00. The minimum atomic E-state index is -3.63. The van der Waals surface area contributed by atoms with Gasteiger partial charge in [0, 0.05) is 38.0 Å². The van der Waals surface area contributed by atoms with Crippen molar-refractivity contribution in [2.45, 2.75) is 17.7 Å². The Labute approximate surface area is 168 Å². The zero-order valence-electron chi connectivity index (χ0n) is 15.9. The van der Waals surface area contributed by atoms with Gasteiger partial charge in [0.2, 0.25) is 15.9 Å². The van der Waals surface area contributed by atoms with Crippen LogP contribution in [0.2, 0.25) is 0 Å². The van der Waals surface area contributed by atoms with Gasteiger partial charge in [-0.2, -0.15) is 11.3 Å². The second-order valence-electron chi connectivity index (χ2n) is 6.07. The van der Waals surface area contributed by atoms with Gasteiger partial charge in [-0.1, -0.05) is 0 Å². The van der Waals surface area contributed by atoms with Crippen LogP contribution in [-0.4, -0.2) is 52.3 Å². The van der Waals surface area contributed by atoms with E-state index in [1.54, 1.807) is 11.4 Å². The molecule has 0 unspecified atom stereocenters. The quantitative estimate of drug-likeness (QED) is 0.599. The minimum Gasteiger partial charge on any atom is -0.495 e. The monoisotopic (exact) mass is 425 g/mol. The Balaban J connectivity index is 1.94. The van der Waals surface area contributed by atoms with Gasteiger partial charge in [-0.05, 0) is 36.1 Å². The van der Waals surface area contributed by atoms with Crippen LogP contribution in [0.3, 0.4) is 0 Å². The van der Waals surface area contributed by atoms with Crippen molar-refractivity contribution in [1.82, 2.24) is 9.62 Å². The van der Waals surface area contributed by atoms with E-state index >= 15 is 0 Å². The van der Waals surface area contributed by atoms with E-state index in [1.807, 2.05) is 5.38 Å². The number of ether oxygens (including phenoxy) is 1. The molecular weight excluding hydrogens is 402 g/mol. The molecule has 10 heteroatoms. The van der Waals surface area contributed by atoms with Crippen molar-refractivity contribution in [2.75, 3.05) is 33.1 Å². The number of carbonyl (C=O) groups excluding carboxylic acids is 2. The average molecular weight is 426 g/mol. The number of nitrogens with one attached hydrogen (secondary N) is 2. The molecule has 0 aliphatic rings. The number of carbonyl (C=O) groups is 2. The number of anilines is 1. The molecule has 0 atom stereocenters. The first-order valence-corrected chi connectivity index (χ1v) is 10.8. The van der Waals surface area contributed by atoms with Crippen molar-refractivity contribution < 1.29 is 22.7 Å². The predicted molar refractivity (Wildman–Crippen MR) is 108 cm³/mol. The van der Waals surface area contributed by atoms with Crippen LogP contribution >= 0.6 is 11.3 Å². The predicted octanol–water partition coefficient (Wildman–Crippen LogP) is 2.16. The summed E-state index contributed by atoms with van der Waals surface area (Å²) < 4.78 is 30.8. The van der Waals surface area contributed by atoms with Crippen LogP contribution in [0.1, 0.15) is 23.2 Å². The van der Waals surface area contributed by atoms with Crippen LogP contribution in [0.15, 0.2) is 39.9 Å². The summed E-state index contributed by atoms with van der Waals surface area (Å²) in [7, 11) is 0.669. The van der Waals surface area contributed by atoms with E-state index in [4.69, 9.17) is 4.74 Å². The molecule has 2 aromatic rings. The topological polar surface area (TPSA) is 105 Å². The Bertz CT molecular complexity index is 925. The summed E-state index contributed by atoms with van der Waals surface area (Å²) >= 11 is 1.44. The summed E-state index contributed by atoms with van der Waals surface area (Å²) in [4.78, 5) is 24.1. The molecule has 1 aromatic heterocycles. The van der Waals surface area contributed by atoms with Crippen molar-refractivity contribution in [2.24, 2.45) is 0 Å². The van der Waals surface area contributed by atoms with Crippen molar-refractivity contribution in [1.29, 1.82) is 0 Å². The molecule has 0 bridgehead atoms. The Morgan fingerprint density at radius 3 is 2.57 bits per heavy atom.